The highest BCUT2D eigenvalue weighted by molar-refractivity contribution is 5.77. The van der Waals surface area contributed by atoms with Gasteiger partial charge >= 0.3 is 0 Å². The summed E-state index contributed by atoms with van der Waals surface area (Å²) in [5, 5.41) is 3.00. The smallest absolute Gasteiger partial charge is 0.222 e. The van der Waals surface area contributed by atoms with Gasteiger partial charge in [0.05, 0.1) is 11.0 Å². The van der Waals surface area contributed by atoms with Gasteiger partial charge in [-0.25, -0.2) is 4.98 Å². The summed E-state index contributed by atoms with van der Waals surface area (Å²) in [5.74, 6) is 1.35. The highest BCUT2D eigenvalue weighted by Gasteiger charge is 2.12. The van der Waals surface area contributed by atoms with Crippen LogP contribution < -0.4 is 5.32 Å². The highest BCUT2D eigenvalue weighted by Crippen LogP contribution is 2.21. The van der Waals surface area contributed by atoms with E-state index in [9.17, 15) is 4.79 Å². The zero-order chi connectivity index (χ0) is 20.8. The molecule has 1 aromatic heterocycles. The number of benzene rings is 2. The van der Waals surface area contributed by atoms with Gasteiger partial charge in [-0.3, -0.25) is 4.79 Å². The molecule has 3 aromatic rings. The zero-order valence-electron chi connectivity index (χ0n) is 18.2. The molecule has 1 heterocycles. The van der Waals surface area contributed by atoms with Crippen molar-refractivity contribution in [1.29, 1.82) is 0 Å². The van der Waals surface area contributed by atoms with Gasteiger partial charge in [-0.2, -0.15) is 0 Å². The molecule has 2 aromatic carbocycles. The largest absolute Gasteiger partial charge is 0.356 e. The first-order chi connectivity index (χ1) is 14.0. The van der Waals surface area contributed by atoms with Gasteiger partial charge in [0.15, 0.2) is 0 Å². The summed E-state index contributed by atoms with van der Waals surface area (Å²) in [5.41, 5.74) is 6.23. The van der Waals surface area contributed by atoms with Crippen LogP contribution >= 0.6 is 0 Å². The van der Waals surface area contributed by atoms with Crippen molar-refractivity contribution in [2.75, 3.05) is 6.54 Å². The second kappa shape index (κ2) is 9.73. The fourth-order valence-electron chi connectivity index (χ4n) is 3.63. The summed E-state index contributed by atoms with van der Waals surface area (Å²) in [6.07, 6.45) is 4.13. The lowest BCUT2D eigenvalue weighted by Crippen LogP contribution is -2.28. The molecule has 29 heavy (non-hydrogen) atoms. The molecular weight excluding hydrogens is 358 g/mol. The number of amides is 1. The Hall–Kier alpha value is -2.62. The van der Waals surface area contributed by atoms with Crippen molar-refractivity contribution in [1.82, 2.24) is 14.9 Å². The lowest BCUT2D eigenvalue weighted by Gasteiger charge is -2.13. The van der Waals surface area contributed by atoms with Crippen molar-refractivity contribution >= 4 is 16.9 Å². The predicted molar refractivity (Wildman–Crippen MR) is 120 cm³/mol. The maximum Gasteiger partial charge on any atom is 0.222 e. The van der Waals surface area contributed by atoms with E-state index in [0.29, 0.717) is 0 Å². The highest BCUT2D eigenvalue weighted by atomic mass is 16.1. The number of aryl methyl sites for hydroxylation is 3. The molecule has 4 heteroatoms. The summed E-state index contributed by atoms with van der Waals surface area (Å²) in [4.78, 5) is 16.6. The van der Waals surface area contributed by atoms with Crippen LogP contribution in [0.25, 0.3) is 11.0 Å². The van der Waals surface area contributed by atoms with Crippen molar-refractivity contribution in [3.8, 4) is 0 Å². The van der Waals surface area contributed by atoms with Gasteiger partial charge in [0.2, 0.25) is 5.91 Å². The Morgan fingerprint density at radius 2 is 1.86 bits per heavy atom. The van der Waals surface area contributed by atoms with Crippen LogP contribution in [-0.2, 0) is 17.8 Å². The fourth-order valence-corrected chi connectivity index (χ4v) is 3.63. The van der Waals surface area contributed by atoms with Crippen LogP contribution in [0.3, 0.4) is 0 Å². The Kier molecular flexibility index (Phi) is 7.08. The second-order valence-corrected chi connectivity index (χ2v) is 8.29. The van der Waals surface area contributed by atoms with Crippen LogP contribution in [0.4, 0.5) is 0 Å². The van der Waals surface area contributed by atoms with Crippen LogP contribution in [-0.4, -0.2) is 22.0 Å². The number of aromatic nitrogens is 2. The zero-order valence-corrected chi connectivity index (χ0v) is 18.2. The number of hydrogen-bond donors (Lipinski definition) is 1. The summed E-state index contributed by atoms with van der Waals surface area (Å²) in [6, 6.07) is 15.1. The van der Waals surface area contributed by atoms with Gasteiger partial charge in [0, 0.05) is 25.4 Å². The molecule has 0 fully saturated rings. The van der Waals surface area contributed by atoms with Crippen LogP contribution in [0.2, 0.25) is 0 Å². The van der Waals surface area contributed by atoms with E-state index in [-0.39, 0.29) is 11.8 Å². The first-order valence-electron chi connectivity index (χ1n) is 10.7. The summed E-state index contributed by atoms with van der Waals surface area (Å²) >= 11 is 0. The van der Waals surface area contributed by atoms with Crippen LogP contribution in [0.5, 0.6) is 0 Å². The number of fused-ring (bicyclic) bond motifs is 1. The number of nitrogens with zero attached hydrogens (tertiary/aromatic N) is 2. The molecule has 0 radical (unpaired) electrons. The molecule has 0 saturated carbocycles. The minimum Gasteiger partial charge on any atom is -0.356 e. The Morgan fingerprint density at radius 1 is 1.07 bits per heavy atom. The van der Waals surface area contributed by atoms with E-state index in [2.05, 4.69) is 66.2 Å². The number of rotatable bonds is 9. The number of hydrogen-bond acceptors (Lipinski definition) is 2. The number of carbonyl (C=O) groups excluding carboxylic acids is 1. The minimum atomic E-state index is 0.0555. The molecule has 0 unspecified atom stereocenters. The maximum absolute atomic E-state index is 11.6. The Labute approximate surface area is 174 Å². The standard InChI is InChI=1S/C25H33N3O/c1-18(2)25(29)26-15-9-5-6-12-24-27-22-10-7-8-11-23(22)28(24)17-21-16-19(3)13-14-20(21)4/h7-8,10-11,13-14,16,18H,5-6,9,12,15,17H2,1-4H3,(H,26,29). The van der Waals surface area contributed by atoms with Crippen molar-refractivity contribution in [3.05, 3.63) is 65.0 Å². The number of unbranched alkanes of at least 4 members (excludes halogenated alkanes) is 2. The van der Waals surface area contributed by atoms with E-state index in [1.54, 1.807) is 0 Å². The molecule has 0 atom stereocenters. The van der Waals surface area contributed by atoms with Gasteiger partial charge in [-0.05, 0) is 49.9 Å². The quantitative estimate of drug-likeness (QED) is 0.511. The summed E-state index contributed by atoms with van der Waals surface area (Å²) < 4.78 is 2.37. The number of carbonyl (C=O) groups is 1. The van der Waals surface area contributed by atoms with Gasteiger partial charge in [-0.1, -0.05) is 56.2 Å². The monoisotopic (exact) mass is 391 g/mol. The lowest BCUT2D eigenvalue weighted by molar-refractivity contribution is -0.123. The van der Waals surface area contributed by atoms with Gasteiger partial charge < -0.3 is 9.88 Å². The van der Waals surface area contributed by atoms with E-state index in [0.717, 1.165) is 50.1 Å². The van der Waals surface area contributed by atoms with Crippen molar-refractivity contribution in [3.63, 3.8) is 0 Å². The van der Waals surface area contributed by atoms with E-state index in [1.807, 2.05) is 13.8 Å². The topological polar surface area (TPSA) is 46.9 Å². The Morgan fingerprint density at radius 3 is 2.66 bits per heavy atom. The number of nitrogens with one attached hydrogen (secondary N) is 1. The molecule has 0 spiro atoms. The predicted octanol–water partition coefficient (Wildman–Crippen LogP) is 5.19. The van der Waals surface area contributed by atoms with E-state index < -0.39 is 0 Å². The molecular formula is C25H33N3O. The maximum atomic E-state index is 11.6. The van der Waals surface area contributed by atoms with Crippen LogP contribution in [0.1, 0.15) is 55.6 Å². The summed E-state index contributed by atoms with van der Waals surface area (Å²) in [7, 11) is 0. The third kappa shape index (κ3) is 5.47. The first kappa shape index (κ1) is 21.1. The molecule has 1 N–H and O–H groups in total. The summed E-state index contributed by atoms with van der Waals surface area (Å²) in [6.45, 7) is 9.79. The molecule has 0 aliphatic carbocycles. The first-order valence-corrected chi connectivity index (χ1v) is 10.7. The third-order valence-corrected chi connectivity index (χ3v) is 5.47. The molecule has 0 bridgehead atoms. The van der Waals surface area contributed by atoms with Gasteiger partial charge in [-0.15, -0.1) is 0 Å². The molecule has 0 aliphatic heterocycles. The fraction of sp³-hybridized carbons (Fsp3) is 0.440. The third-order valence-electron chi connectivity index (χ3n) is 5.47. The van der Waals surface area contributed by atoms with E-state index in [1.165, 1.54) is 22.2 Å². The van der Waals surface area contributed by atoms with Gasteiger partial charge in [0.25, 0.3) is 0 Å². The van der Waals surface area contributed by atoms with Gasteiger partial charge in [0.1, 0.15) is 5.82 Å². The molecule has 154 valence electrons. The average Bonchev–Trinajstić information content (AvgIpc) is 3.04. The Balaban J connectivity index is 1.67. The van der Waals surface area contributed by atoms with Crippen molar-refractivity contribution < 1.29 is 4.79 Å². The normalized spacial score (nSPS) is 11.3. The number of para-hydroxylation sites is 2. The lowest BCUT2D eigenvalue weighted by atomic mass is 10.1. The molecule has 0 aliphatic rings. The molecule has 4 nitrogen and oxygen atoms in total. The molecule has 3 rings (SSSR count). The van der Waals surface area contributed by atoms with Crippen molar-refractivity contribution in [2.45, 2.75) is 59.9 Å². The SMILES string of the molecule is Cc1ccc(C)c(Cn2c(CCCCCNC(=O)C(C)C)nc3ccccc32)c1. The molecule has 1 amide bonds. The minimum absolute atomic E-state index is 0.0555. The molecule has 0 saturated heterocycles. The van der Waals surface area contributed by atoms with E-state index >= 15 is 0 Å². The number of imidazole rings is 1. The van der Waals surface area contributed by atoms with Crippen LogP contribution in [0, 0.1) is 19.8 Å². The Bertz CT molecular complexity index is 971. The van der Waals surface area contributed by atoms with Crippen LogP contribution in [0.15, 0.2) is 42.5 Å². The second-order valence-electron chi connectivity index (χ2n) is 8.29. The average molecular weight is 392 g/mol. The van der Waals surface area contributed by atoms with E-state index in [4.69, 9.17) is 4.98 Å². The van der Waals surface area contributed by atoms with Crippen molar-refractivity contribution in [2.24, 2.45) is 5.92 Å².